The van der Waals surface area contributed by atoms with E-state index in [2.05, 4.69) is 15.9 Å². The number of hydrogen-bond donors (Lipinski definition) is 0. The van der Waals surface area contributed by atoms with Gasteiger partial charge in [0.2, 0.25) is 0 Å². The van der Waals surface area contributed by atoms with Gasteiger partial charge >= 0.3 is 53.9 Å². The van der Waals surface area contributed by atoms with Gasteiger partial charge in [0, 0.05) is 0 Å². The predicted octanol–water partition coefficient (Wildman–Crippen LogP) is -0.364. The normalized spacial score (nSPS) is 1.00. The van der Waals surface area contributed by atoms with Crippen LogP contribution >= 0.6 is 0 Å². The van der Waals surface area contributed by atoms with Gasteiger partial charge in [0.25, 0.3) is 0 Å². The maximum absolute atomic E-state index is 7.81. The summed E-state index contributed by atoms with van der Waals surface area (Å²) in [4.78, 5) is 0. The summed E-state index contributed by atoms with van der Waals surface area (Å²) in [5.41, 5.74) is 0. The molecular weight excluding hydrogens is 222 g/mol. The fraction of sp³-hybridized carbons (Fsp3) is 0. The molecule has 1 radical (unpaired) electrons. The van der Waals surface area contributed by atoms with Crippen LogP contribution in [0.4, 0.5) is 0 Å². The summed E-state index contributed by atoms with van der Waals surface area (Å²) in [6.07, 6.45) is 0. The van der Waals surface area contributed by atoms with E-state index in [1.165, 1.54) is 0 Å². The van der Waals surface area contributed by atoms with E-state index in [0.717, 1.165) is 0 Å². The molecule has 44 valence electrons. The molecule has 3 nitrogen and oxygen atoms in total. The summed E-state index contributed by atoms with van der Waals surface area (Å²) in [5, 5.41) is 0. The fourth-order valence-electron chi connectivity index (χ4n) is 0. The second-order valence-electron chi connectivity index (χ2n) is 0. The summed E-state index contributed by atoms with van der Waals surface area (Å²) in [6.45, 7) is 0. The van der Waals surface area contributed by atoms with Crippen molar-refractivity contribution >= 4 is 0 Å². The topological polar surface area (TPSA) is 74.1 Å². The second kappa shape index (κ2) is 107. The van der Waals surface area contributed by atoms with Gasteiger partial charge in [-0.05, 0) is 0 Å². The molecule has 0 amide bonds. The molecule has 6 heavy (non-hydrogen) atoms. The molecule has 6 heteroatoms. The Hall–Kier alpha value is 1.28. The van der Waals surface area contributed by atoms with Crippen LogP contribution < -0.4 is 0 Å². The average Bonchev–Trinajstić information content (AvgIpc) is 1.00. The first kappa shape index (κ1) is 55.3. The van der Waals surface area contributed by atoms with Crippen molar-refractivity contribution in [2.24, 2.45) is 0 Å². The Morgan fingerprint density at radius 3 is 1.00 bits per heavy atom. The number of rotatable bonds is 0. The van der Waals surface area contributed by atoms with Gasteiger partial charge in [-0.15, -0.1) is 0 Å². The quantitative estimate of drug-likeness (QED) is 0.516. The van der Waals surface area contributed by atoms with Crippen LogP contribution in [0.2, 0.25) is 0 Å². The Morgan fingerprint density at radius 1 is 1.00 bits per heavy atom. The first-order valence-corrected chi connectivity index (χ1v) is 0.508. The molecule has 0 aliphatic rings. The summed E-state index contributed by atoms with van der Waals surface area (Å²) in [7, 11) is 0. The Labute approximate surface area is 64.8 Å². The van der Waals surface area contributed by atoms with Crippen molar-refractivity contribution in [3.63, 3.8) is 0 Å². The van der Waals surface area contributed by atoms with Crippen molar-refractivity contribution in [1.82, 2.24) is 0 Å². The van der Waals surface area contributed by atoms with Crippen molar-refractivity contribution < 1.29 is 64.9 Å². The van der Waals surface area contributed by atoms with E-state index >= 15 is 0 Å². The third-order valence-electron chi connectivity index (χ3n) is 0. The molecule has 0 N–H and O–H groups in total. The Kier molecular flexibility index (Phi) is 986. The SMILES string of the molecule is [Fe+2].[Mn+2].[O-2].[O-2].[O]=[Cu]. The van der Waals surface area contributed by atoms with Crippen molar-refractivity contribution in [3.8, 4) is 0 Å². The van der Waals surface area contributed by atoms with Crippen LogP contribution in [0.1, 0.15) is 0 Å². The van der Waals surface area contributed by atoms with Crippen LogP contribution in [0.25, 0.3) is 0 Å². The molecular formula is CuFeMnO3. The summed E-state index contributed by atoms with van der Waals surface area (Å²) in [5.74, 6) is 0. The Morgan fingerprint density at radius 2 is 1.00 bits per heavy atom. The van der Waals surface area contributed by atoms with Crippen LogP contribution in [-0.2, 0) is 64.9 Å². The minimum absolute atomic E-state index is 0. The van der Waals surface area contributed by atoms with Gasteiger partial charge in [-0.3, -0.25) is 0 Å². The van der Waals surface area contributed by atoms with Crippen LogP contribution in [0.5, 0.6) is 0 Å². The van der Waals surface area contributed by atoms with E-state index in [4.69, 9.17) is 3.83 Å². The molecule has 0 heterocycles. The van der Waals surface area contributed by atoms with E-state index in [1.807, 2.05) is 0 Å². The van der Waals surface area contributed by atoms with Gasteiger partial charge in [0.1, 0.15) is 0 Å². The van der Waals surface area contributed by atoms with Crippen molar-refractivity contribution in [3.05, 3.63) is 0 Å². The summed E-state index contributed by atoms with van der Waals surface area (Å²) in [6, 6.07) is 0. The molecule has 0 aromatic rings. The molecule has 0 aromatic heterocycles. The van der Waals surface area contributed by atoms with E-state index < -0.39 is 0 Å². The first-order valence-electron chi connectivity index (χ1n) is 0.123. The molecule has 0 spiro atoms. The molecule has 0 aromatic carbocycles. The van der Waals surface area contributed by atoms with Gasteiger partial charge in [0.05, 0.1) is 0 Å². The van der Waals surface area contributed by atoms with Gasteiger partial charge < -0.3 is 11.0 Å². The molecule has 0 bridgehead atoms. The molecule has 0 saturated carbocycles. The molecule has 0 rings (SSSR count). The zero-order valence-corrected chi connectivity index (χ0v) is 5.48. The first-order chi connectivity index (χ1) is 1.00. The molecule has 0 fully saturated rings. The van der Waals surface area contributed by atoms with Crippen LogP contribution in [0.15, 0.2) is 0 Å². The fourth-order valence-corrected chi connectivity index (χ4v) is 0. The standard InChI is InChI=1S/Cu.Fe.Mn.3O/q;2*+2;;2*-2. The van der Waals surface area contributed by atoms with Crippen LogP contribution in [0.3, 0.4) is 0 Å². The van der Waals surface area contributed by atoms with Crippen molar-refractivity contribution in [2.75, 3.05) is 0 Å². The van der Waals surface area contributed by atoms with Gasteiger partial charge in [-0.25, -0.2) is 0 Å². The maximum atomic E-state index is 7.81. The summed E-state index contributed by atoms with van der Waals surface area (Å²) >= 11 is 2.94. The van der Waals surface area contributed by atoms with E-state index in [9.17, 15) is 0 Å². The molecule has 0 aliphatic carbocycles. The molecule has 0 atom stereocenters. The van der Waals surface area contributed by atoms with Crippen molar-refractivity contribution in [1.29, 1.82) is 0 Å². The van der Waals surface area contributed by atoms with E-state index in [1.54, 1.807) is 0 Å². The van der Waals surface area contributed by atoms with E-state index in [0.29, 0.717) is 0 Å². The third-order valence-corrected chi connectivity index (χ3v) is 0. The third kappa shape index (κ3) is 59.1. The zero-order chi connectivity index (χ0) is 2.00. The zero-order valence-electron chi connectivity index (χ0n) is 2.26. The van der Waals surface area contributed by atoms with Gasteiger partial charge in [-0.1, -0.05) is 0 Å². The predicted molar refractivity (Wildman–Crippen MR) is 2.06 cm³/mol. The van der Waals surface area contributed by atoms with Gasteiger partial charge in [0.15, 0.2) is 0 Å². The van der Waals surface area contributed by atoms with Crippen LogP contribution in [0, 0.1) is 0 Å². The Bertz CT molecular complexity index is 10.8. The average molecular weight is 222 g/mol. The Balaban J connectivity index is -0.000000000833. The van der Waals surface area contributed by atoms with Crippen molar-refractivity contribution in [2.45, 2.75) is 0 Å². The van der Waals surface area contributed by atoms with Crippen LogP contribution in [-0.4, -0.2) is 0 Å². The molecule has 0 unspecified atom stereocenters. The van der Waals surface area contributed by atoms with E-state index in [-0.39, 0.29) is 45.1 Å². The molecule has 0 aliphatic heterocycles. The monoisotopic (exact) mass is 222 g/mol. The number of hydrogen-bond acceptors (Lipinski definition) is 1. The van der Waals surface area contributed by atoms with Gasteiger partial charge in [-0.2, -0.15) is 0 Å². The summed E-state index contributed by atoms with van der Waals surface area (Å²) < 4.78 is 7.81. The second-order valence-corrected chi connectivity index (χ2v) is 0. The molecule has 0 saturated heterocycles. The minimum atomic E-state index is 0.